The van der Waals surface area contributed by atoms with Gasteiger partial charge in [0, 0.05) is 27.6 Å². The van der Waals surface area contributed by atoms with Gasteiger partial charge in [-0.2, -0.15) is 0 Å². The lowest BCUT2D eigenvalue weighted by Gasteiger charge is -2.23. The van der Waals surface area contributed by atoms with Crippen LogP contribution in [0.3, 0.4) is 0 Å². The molecule has 0 spiro atoms. The van der Waals surface area contributed by atoms with E-state index in [1.54, 1.807) is 48.0 Å². The molecule has 3 aromatic rings. The molecule has 2 heterocycles. The molecule has 1 atom stereocenters. The van der Waals surface area contributed by atoms with Gasteiger partial charge in [0.25, 0.3) is 10.0 Å². The van der Waals surface area contributed by atoms with Crippen LogP contribution in [-0.4, -0.2) is 15.5 Å². The van der Waals surface area contributed by atoms with Gasteiger partial charge in [-0.3, -0.25) is 9.10 Å². The van der Waals surface area contributed by atoms with Crippen molar-refractivity contribution >= 4 is 48.5 Å². The Morgan fingerprint density at radius 3 is 2.78 bits per heavy atom. The van der Waals surface area contributed by atoms with E-state index >= 15 is 0 Å². The fraction of sp³-hybridized carbons (Fsp3) is 0.350. The third-order valence-corrected chi connectivity index (χ3v) is 9.76. The first kappa shape index (κ1) is 18.7. The molecule has 142 valence electrons. The third-order valence-electron chi connectivity index (χ3n) is 5.38. The summed E-state index contributed by atoms with van der Waals surface area (Å²) in [6.45, 7) is 2.20. The highest BCUT2D eigenvalue weighted by molar-refractivity contribution is 7.94. The molecular weight excluding hydrogens is 398 g/mol. The monoisotopic (exact) mass is 419 g/mol. The zero-order valence-corrected chi connectivity index (χ0v) is 17.7. The van der Waals surface area contributed by atoms with Crippen LogP contribution >= 0.6 is 22.7 Å². The topological polar surface area (TPSA) is 54.5 Å². The molecule has 1 aromatic carbocycles. The van der Waals surface area contributed by atoms with Crippen LogP contribution in [0.15, 0.2) is 44.7 Å². The van der Waals surface area contributed by atoms with Gasteiger partial charge in [0.05, 0.1) is 5.69 Å². The lowest BCUT2D eigenvalue weighted by Crippen LogP contribution is -2.26. The average Bonchev–Trinajstić information content (AvgIpc) is 3.22. The van der Waals surface area contributed by atoms with Crippen molar-refractivity contribution in [3.63, 3.8) is 0 Å². The molecule has 0 aliphatic heterocycles. The lowest BCUT2D eigenvalue weighted by molar-refractivity contribution is 0.448. The molecule has 27 heavy (non-hydrogen) atoms. The molecule has 0 saturated heterocycles. The van der Waals surface area contributed by atoms with Gasteiger partial charge in [-0.1, -0.05) is 19.4 Å². The summed E-state index contributed by atoms with van der Waals surface area (Å²) in [6, 6.07) is 8.68. The molecule has 1 unspecified atom stereocenters. The van der Waals surface area contributed by atoms with Crippen LogP contribution in [0.5, 0.6) is 0 Å². The van der Waals surface area contributed by atoms with Gasteiger partial charge in [-0.25, -0.2) is 8.42 Å². The summed E-state index contributed by atoms with van der Waals surface area (Å²) in [4.78, 5) is 14.1. The molecule has 7 heteroatoms. The number of benzene rings is 1. The van der Waals surface area contributed by atoms with Crippen molar-refractivity contribution in [2.75, 3.05) is 11.4 Å². The standard InChI is InChI=1S/C20H21NO3S3/c1-3-13-6-8-15-17(11-13)26-18-12-14(7-9-16(18)20(15)22)21(2)27(23,24)19-5-4-10-25-19/h4-5,7,9-10,12-13H,3,6,8,11H2,1-2H3. The van der Waals surface area contributed by atoms with Gasteiger partial charge in [0.1, 0.15) is 4.21 Å². The predicted octanol–water partition coefficient (Wildman–Crippen LogP) is 4.66. The van der Waals surface area contributed by atoms with Crippen molar-refractivity contribution in [1.29, 1.82) is 0 Å². The van der Waals surface area contributed by atoms with Crippen molar-refractivity contribution in [2.45, 2.75) is 36.8 Å². The van der Waals surface area contributed by atoms with Gasteiger partial charge in [-0.05, 0) is 54.8 Å². The fourth-order valence-electron chi connectivity index (χ4n) is 3.63. The van der Waals surface area contributed by atoms with Gasteiger partial charge in [0.15, 0.2) is 5.43 Å². The first-order valence-electron chi connectivity index (χ1n) is 9.03. The van der Waals surface area contributed by atoms with Crippen LogP contribution in [0.25, 0.3) is 10.1 Å². The Morgan fingerprint density at radius 1 is 1.26 bits per heavy atom. The fourth-order valence-corrected chi connectivity index (χ4v) is 7.33. The Hall–Kier alpha value is -1.70. The van der Waals surface area contributed by atoms with E-state index in [4.69, 9.17) is 0 Å². The van der Waals surface area contributed by atoms with Gasteiger partial charge in [-0.15, -0.1) is 22.7 Å². The number of fused-ring (bicyclic) bond motifs is 2. The first-order chi connectivity index (χ1) is 12.9. The van der Waals surface area contributed by atoms with E-state index in [9.17, 15) is 13.2 Å². The number of thiophene rings is 1. The van der Waals surface area contributed by atoms with Crippen molar-refractivity contribution in [3.05, 3.63) is 56.4 Å². The van der Waals surface area contributed by atoms with E-state index in [-0.39, 0.29) is 5.43 Å². The highest BCUT2D eigenvalue weighted by atomic mass is 32.2. The summed E-state index contributed by atoms with van der Waals surface area (Å²) in [6.07, 6.45) is 4.01. The van der Waals surface area contributed by atoms with Crippen molar-refractivity contribution in [3.8, 4) is 0 Å². The van der Waals surface area contributed by atoms with Crippen molar-refractivity contribution in [1.82, 2.24) is 0 Å². The largest absolute Gasteiger partial charge is 0.289 e. The van der Waals surface area contributed by atoms with Crippen LogP contribution < -0.4 is 9.73 Å². The second-order valence-corrected chi connectivity index (χ2v) is 11.2. The summed E-state index contributed by atoms with van der Waals surface area (Å²) < 4.78 is 28.1. The number of sulfonamides is 1. The Kier molecular flexibility index (Phi) is 4.86. The minimum absolute atomic E-state index is 0.114. The summed E-state index contributed by atoms with van der Waals surface area (Å²) in [5.41, 5.74) is 1.66. The number of hydrogen-bond donors (Lipinski definition) is 0. The first-order valence-corrected chi connectivity index (χ1v) is 12.2. The van der Waals surface area contributed by atoms with E-state index in [1.165, 1.54) is 20.5 Å². The summed E-state index contributed by atoms with van der Waals surface area (Å²) in [5.74, 6) is 0.635. The summed E-state index contributed by atoms with van der Waals surface area (Å²) in [5, 5.41) is 2.45. The molecule has 4 nitrogen and oxygen atoms in total. The smallest absolute Gasteiger partial charge is 0.273 e. The number of nitrogens with zero attached hydrogens (tertiary/aromatic N) is 1. The van der Waals surface area contributed by atoms with Crippen molar-refractivity contribution in [2.24, 2.45) is 5.92 Å². The van der Waals surface area contributed by atoms with E-state index in [2.05, 4.69) is 6.92 Å². The molecule has 0 bridgehead atoms. The molecule has 0 amide bonds. The minimum atomic E-state index is -3.58. The van der Waals surface area contributed by atoms with Gasteiger partial charge in [0.2, 0.25) is 0 Å². The Bertz CT molecular complexity index is 1150. The highest BCUT2D eigenvalue weighted by Crippen LogP contribution is 2.34. The van der Waals surface area contributed by atoms with Crippen LogP contribution in [0, 0.1) is 5.92 Å². The van der Waals surface area contributed by atoms with E-state index in [0.29, 0.717) is 21.2 Å². The lowest BCUT2D eigenvalue weighted by atomic mass is 9.87. The SMILES string of the molecule is CCC1CCc2c(sc3cc(N(C)S(=O)(=O)c4cccs4)ccc3c2=O)C1. The highest BCUT2D eigenvalue weighted by Gasteiger charge is 2.24. The quantitative estimate of drug-likeness (QED) is 0.618. The zero-order valence-electron chi connectivity index (χ0n) is 15.3. The number of hydrogen-bond acceptors (Lipinski definition) is 5. The minimum Gasteiger partial charge on any atom is -0.289 e. The van der Waals surface area contributed by atoms with Crippen LogP contribution in [0.4, 0.5) is 5.69 Å². The van der Waals surface area contributed by atoms with Crippen LogP contribution in [-0.2, 0) is 22.9 Å². The number of rotatable bonds is 4. The molecule has 4 rings (SSSR count). The Balaban J connectivity index is 1.80. The van der Waals surface area contributed by atoms with Gasteiger partial charge < -0.3 is 0 Å². The normalized spacial score (nSPS) is 17.0. The molecule has 2 aromatic heterocycles. The maximum Gasteiger partial charge on any atom is 0.273 e. The predicted molar refractivity (Wildman–Crippen MR) is 114 cm³/mol. The molecule has 0 N–H and O–H groups in total. The molecule has 0 saturated carbocycles. The van der Waals surface area contributed by atoms with Crippen molar-refractivity contribution < 1.29 is 8.42 Å². The molecule has 1 aliphatic carbocycles. The van der Waals surface area contributed by atoms with Gasteiger partial charge >= 0.3 is 0 Å². The Labute approximate surface area is 167 Å². The maximum absolute atomic E-state index is 12.9. The molecule has 1 aliphatic rings. The Morgan fingerprint density at radius 2 is 2.07 bits per heavy atom. The third kappa shape index (κ3) is 3.22. The maximum atomic E-state index is 12.9. The van der Waals surface area contributed by atoms with Crippen LogP contribution in [0.1, 0.15) is 30.2 Å². The number of anilines is 1. The second kappa shape index (κ2) is 7.04. The van der Waals surface area contributed by atoms with Crippen LogP contribution in [0.2, 0.25) is 0 Å². The average molecular weight is 420 g/mol. The summed E-state index contributed by atoms with van der Waals surface area (Å²) >= 11 is 2.85. The molecule has 0 radical (unpaired) electrons. The molecule has 0 fully saturated rings. The second-order valence-electron chi connectivity index (χ2n) is 6.94. The zero-order chi connectivity index (χ0) is 19.2. The molecular formula is C20H21NO3S3. The van der Waals surface area contributed by atoms with E-state index in [0.717, 1.165) is 35.9 Å². The summed E-state index contributed by atoms with van der Waals surface area (Å²) in [7, 11) is -2.02. The van der Waals surface area contributed by atoms with E-state index in [1.807, 2.05) is 6.07 Å². The van der Waals surface area contributed by atoms with E-state index < -0.39 is 10.0 Å².